The summed E-state index contributed by atoms with van der Waals surface area (Å²) in [5.41, 5.74) is 2.13. The highest BCUT2D eigenvalue weighted by Gasteiger charge is 2.24. The Hall–Kier alpha value is -2.90. The lowest BCUT2D eigenvalue weighted by Gasteiger charge is -2.23. The second kappa shape index (κ2) is 7.33. The first-order valence-corrected chi connectivity index (χ1v) is 8.22. The Balaban J connectivity index is 1.54. The zero-order valence-corrected chi connectivity index (χ0v) is 14.0. The molecule has 1 aromatic heterocycles. The van der Waals surface area contributed by atoms with Gasteiger partial charge in [0.1, 0.15) is 0 Å². The highest BCUT2D eigenvalue weighted by Crippen LogP contribution is 2.29. The molecule has 1 N–H and O–H groups in total. The second-order valence-corrected chi connectivity index (χ2v) is 6.01. The van der Waals surface area contributed by atoms with Crippen LogP contribution in [0.1, 0.15) is 36.6 Å². The molecule has 0 fully saturated rings. The number of carbonyl (C=O) groups is 1. The lowest BCUT2D eigenvalue weighted by atomic mass is 9.93. The molecule has 1 aliphatic rings. The first-order chi connectivity index (χ1) is 12.1. The molecule has 8 nitrogen and oxygen atoms in total. The number of benzene rings is 1. The number of nitro benzene ring substituents is 1. The summed E-state index contributed by atoms with van der Waals surface area (Å²) in [5, 5.41) is 18.2. The van der Waals surface area contributed by atoms with Crippen molar-refractivity contribution in [3.63, 3.8) is 0 Å². The van der Waals surface area contributed by atoms with Crippen molar-refractivity contribution in [2.45, 2.75) is 31.7 Å². The van der Waals surface area contributed by atoms with Crippen LogP contribution in [0.4, 0.5) is 5.69 Å². The van der Waals surface area contributed by atoms with Gasteiger partial charge in [0.2, 0.25) is 5.91 Å². The Morgan fingerprint density at radius 1 is 1.48 bits per heavy atom. The first kappa shape index (κ1) is 16.9. The molecule has 3 rings (SSSR count). The molecule has 1 heterocycles. The maximum absolute atomic E-state index is 12.2. The van der Waals surface area contributed by atoms with Crippen molar-refractivity contribution in [1.29, 1.82) is 0 Å². The highest BCUT2D eigenvalue weighted by molar-refractivity contribution is 5.76. The van der Waals surface area contributed by atoms with Crippen molar-refractivity contribution < 1.29 is 14.5 Å². The standard InChI is InChI=1S/C17H20N4O4/c1-20-14-7-4-5-13(12(14)11-18-20)19-17(22)9-10-25-16-8-3-2-6-15(16)21(23)24/h2-3,6,8,11,13H,4-5,7,9-10H2,1H3,(H,19,22)/t13-/m1/s1. The molecule has 0 unspecified atom stereocenters. The van der Waals surface area contributed by atoms with Crippen LogP contribution in [0.2, 0.25) is 0 Å². The molecule has 0 radical (unpaired) electrons. The van der Waals surface area contributed by atoms with E-state index in [-0.39, 0.29) is 36.4 Å². The van der Waals surface area contributed by atoms with Gasteiger partial charge < -0.3 is 10.1 Å². The van der Waals surface area contributed by atoms with Gasteiger partial charge in [-0.3, -0.25) is 19.6 Å². The molecule has 8 heteroatoms. The highest BCUT2D eigenvalue weighted by atomic mass is 16.6. The normalized spacial score (nSPS) is 16.1. The Kier molecular flexibility index (Phi) is 4.97. The van der Waals surface area contributed by atoms with Crippen molar-refractivity contribution in [3.8, 4) is 5.75 Å². The minimum Gasteiger partial charge on any atom is -0.486 e. The molecule has 2 aromatic rings. The third-order valence-corrected chi connectivity index (χ3v) is 4.36. The SMILES string of the molecule is Cn1ncc2c1CCC[C@H]2NC(=O)CCOc1ccccc1[N+](=O)[O-]. The predicted molar refractivity (Wildman–Crippen MR) is 90.2 cm³/mol. The predicted octanol–water partition coefficient (Wildman–Crippen LogP) is 2.29. The number of nitrogens with one attached hydrogen (secondary N) is 1. The van der Waals surface area contributed by atoms with Gasteiger partial charge in [0.15, 0.2) is 5.75 Å². The number of ether oxygens (including phenoxy) is 1. The summed E-state index contributed by atoms with van der Waals surface area (Å²) in [5.74, 6) is 0.0350. The molecule has 1 aromatic carbocycles. The van der Waals surface area contributed by atoms with Gasteiger partial charge in [-0.2, -0.15) is 5.10 Å². The maximum Gasteiger partial charge on any atom is 0.310 e. The number of fused-ring (bicyclic) bond motifs is 1. The number of hydrogen-bond donors (Lipinski definition) is 1. The number of nitrogens with zero attached hydrogens (tertiary/aromatic N) is 3. The number of para-hydroxylation sites is 2. The second-order valence-electron chi connectivity index (χ2n) is 6.01. The molecule has 1 aliphatic carbocycles. The van der Waals surface area contributed by atoms with Crippen molar-refractivity contribution in [1.82, 2.24) is 15.1 Å². The smallest absolute Gasteiger partial charge is 0.310 e. The van der Waals surface area contributed by atoms with E-state index in [1.54, 1.807) is 12.1 Å². The van der Waals surface area contributed by atoms with E-state index < -0.39 is 4.92 Å². The van der Waals surface area contributed by atoms with E-state index in [2.05, 4.69) is 10.4 Å². The fourth-order valence-corrected chi connectivity index (χ4v) is 3.11. The number of aryl methyl sites for hydroxylation is 1. The third-order valence-electron chi connectivity index (χ3n) is 4.36. The van der Waals surface area contributed by atoms with Gasteiger partial charge in [-0.15, -0.1) is 0 Å². The number of nitro groups is 1. The van der Waals surface area contributed by atoms with Gasteiger partial charge in [-0.05, 0) is 25.3 Å². The monoisotopic (exact) mass is 344 g/mol. The van der Waals surface area contributed by atoms with E-state index in [0.717, 1.165) is 30.5 Å². The minimum absolute atomic E-state index is 0.0315. The van der Waals surface area contributed by atoms with Crippen LogP contribution in [0.15, 0.2) is 30.5 Å². The fourth-order valence-electron chi connectivity index (χ4n) is 3.11. The van der Waals surface area contributed by atoms with E-state index in [0.29, 0.717) is 0 Å². The van der Waals surface area contributed by atoms with Crippen LogP contribution in [-0.4, -0.2) is 27.2 Å². The first-order valence-electron chi connectivity index (χ1n) is 8.22. The van der Waals surface area contributed by atoms with Gasteiger partial charge in [0.05, 0.1) is 30.2 Å². The molecule has 0 aliphatic heterocycles. The maximum atomic E-state index is 12.2. The average Bonchev–Trinajstić information content (AvgIpc) is 2.98. The van der Waals surface area contributed by atoms with Gasteiger partial charge in [0.25, 0.3) is 0 Å². The minimum atomic E-state index is -0.499. The van der Waals surface area contributed by atoms with Crippen molar-refractivity contribution >= 4 is 11.6 Å². The van der Waals surface area contributed by atoms with Crippen LogP contribution < -0.4 is 10.1 Å². The summed E-state index contributed by atoms with van der Waals surface area (Å²) in [6.45, 7) is 0.0866. The lowest BCUT2D eigenvalue weighted by molar-refractivity contribution is -0.385. The summed E-state index contributed by atoms with van der Waals surface area (Å²) < 4.78 is 7.27. The summed E-state index contributed by atoms with van der Waals surface area (Å²) in [6.07, 6.45) is 4.81. The molecule has 25 heavy (non-hydrogen) atoms. The zero-order valence-electron chi connectivity index (χ0n) is 14.0. The van der Waals surface area contributed by atoms with Crippen LogP contribution in [0.3, 0.4) is 0 Å². The molecule has 0 bridgehead atoms. The molecular formula is C17H20N4O4. The van der Waals surface area contributed by atoms with Crippen LogP contribution in [0.5, 0.6) is 5.75 Å². The Morgan fingerprint density at radius 2 is 2.28 bits per heavy atom. The number of rotatable bonds is 6. The van der Waals surface area contributed by atoms with E-state index in [1.807, 2.05) is 17.9 Å². The molecule has 0 saturated carbocycles. The van der Waals surface area contributed by atoms with Gasteiger partial charge >= 0.3 is 5.69 Å². The molecule has 132 valence electrons. The van der Waals surface area contributed by atoms with E-state index in [1.165, 1.54) is 12.1 Å². The van der Waals surface area contributed by atoms with E-state index >= 15 is 0 Å². The number of hydrogen-bond acceptors (Lipinski definition) is 5. The zero-order chi connectivity index (χ0) is 17.8. The van der Waals surface area contributed by atoms with Crippen LogP contribution >= 0.6 is 0 Å². The lowest BCUT2D eigenvalue weighted by Crippen LogP contribution is -2.31. The summed E-state index contributed by atoms with van der Waals surface area (Å²) in [6, 6.07) is 6.11. The summed E-state index contributed by atoms with van der Waals surface area (Å²) in [4.78, 5) is 22.6. The largest absolute Gasteiger partial charge is 0.486 e. The van der Waals surface area contributed by atoms with Crippen molar-refractivity contribution in [2.24, 2.45) is 7.05 Å². The molecule has 0 spiro atoms. The number of amides is 1. The van der Waals surface area contributed by atoms with Crippen LogP contribution in [-0.2, 0) is 18.3 Å². The van der Waals surface area contributed by atoms with Gasteiger partial charge in [-0.1, -0.05) is 12.1 Å². The molecule has 1 atom stereocenters. The molecular weight excluding hydrogens is 324 g/mol. The number of carbonyl (C=O) groups excluding carboxylic acids is 1. The van der Waals surface area contributed by atoms with Gasteiger partial charge in [-0.25, -0.2) is 0 Å². The third kappa shape index (κ3) is 3.78. The van der Waals surface area contributed by atoms with E-state index in [9.17, 15) is 14.9 Å². The molecule has 1 amide bonds. The van der Waals surface area contributed by atoms with Crippen molar-refractivity contribution in [3.05, 3.63) is 51.8 Å². The van der Waals surface area contributed by atoms with Crippen LogP contribution in [0.25, 0.3) is 0 Å². The number of aromatic nitrogens is 2. The Morgan fingerprint density at radius 3 is 3.08 bits per heavy atom. The fraction of sp³-hybridized carbons (Fsp3) is 0.412. The quantitative estimate of drug-likeness (QED) is 0.640. The average molecular weight is 344 g/mol. The van der Waals surface area contributed by atoms with E-state index in [4.69, 9.17) is 4.74 Å². The Labute approximate surface area is 144 Å². The van der Waals surface area contributed by atoms with Gasteiger partial charge in [0, 0.05) is 24.4 Å². The molecule has 0 saturated heterocycles. The van der Waals surface area contributed by atoms with Crippen LogP contribution in [0, 0.1) is 10.1 Å². The van der Waals surface area contributed by atoms with Crippen molar-refractivity contribution in [2.75, 3.05) is 6.61 Å². The topological polar surface area (TPSA) is 99.3 Å². The summed E-state index contributed by atoms with van der Waals surface area (Å²) in [7, 11) is 1.91. The summed E-state index contributed by atoms with van der Waals surface area (Å²) >= 11 is 0. The Bertz CT molecular complexity index is 787.